The average molecular weight is 323 g/mol. The average Bonchev–Trinajstić information content (AvgIpc) is 2.60. The summed E-state index contributed by atoms with van der Waals surface area (Å²) in [5.41, 5.74) is -0.927. The summed E-state index contributed by atoms with van der Waals surface area (Å²) in [5.74, 6) is 0. The Kier molecular flexibility index (Phi) is 4.92. The Balaban J connectivity index is 2.03. The molecule has 0 aromatic heterocycles. The van der Waals surface area contributed by atoms with Gasteiger partial charge in [0.25, 0.3) is 0 Å². The van der Waals surface area contributed by atoms with Crippen LogP contribution in [-0.2, 0) is 16.1 Å². The molecule has 7 heteroatoms. The van der Waals surface area contributed by atoms with E-state index in [1.807, 2.05) is 0 Å². The van der Waals surface area contributed by atoms with Gasteiger partial charge in [-0.25, -0.2) is 0 Å². The van der Waals surface area contributed by atoms with Gasteiger partial charge in [0.15, 0.2) is 6.29 Å². The molecule has 2 rings (SSSR count). The first-order valence-corrected chi connectivity index (χ1v) is 6.84. The van der Waals surface area contributed by atoms with Crippen LogP contribution in [0.5, 0.6) is 0 Å². The zero-order chi connectivity index (χ0) is 14.9. The monoisotopic (exact) mass is 322 g/mol. The van der Waals surface area contributed by atoms with Gasteiger partial charge in [-0.1, -0.05) is 29.3 Å². The van der Waals surface area contributed by atoms with E-state index in [0.29, 0.717) is 15.6 Å². The number of hydrogen-bond donors (Lipinski definition) is 3. The fourth-order valence-electron chi connectivity index (χ4n) is 2.04. The normalized spacial score (nSPS) is 33.6. The molecule has 0 bridgehead atoms. The lowest BCUT2D eigenvalue weighted by Crippen LogP contribution is -2.46. The second kappa shape index (κ2) is 6.15. The SMILES string of the molecule is C[C@]1(O)C(OCc2ccc(Cl)cc2Cl)O[C@H](CO)[C@H]1O. The van der Waals surface area contributed by atoms with Crippen LogP contribution in [0.2, 0.25) is 10.0 Å². The molecular formula is C13H16Cl2O5. The lowest BCUT2D eigenvalue weighted by Gasteiger charge is -2.26. The molecule has 1 aromatic rings. The summed E-state index contributed by atoms with van der Waals surface area (Å²) in [6.07, 6.45) is -3.16. The van der Waals surface area contributed by atoms with Gasteiger partial charge in [0.05, 0.1) is 13.2 Å². The fourth-order valence-corrected chi connectivity index (χ4v) is 2.50. The first kappa shape index (κ1) is 16.0. The fraction of sp³-hybridized carbons (Fsp3) is 0.538. The third-order valence-corrected chi connectivity index (χ3v) is 3.90. The van der Waals surface area contributed by atoms with Crippen molar-refractivity contribution in [2.45, 2.75) is 37.6 Å². The van der Waals surface area contributed by atoms with Crippen LogP contribution in [0.4, 0.5) is 0 Å². The Morgan fingerprint density at radius 1 is 1.40 bits per heavy atom. The number of aliphatic hydroxyl groups excluding tert-OH is 2. The molecule has 0 spiro atoms. The molecule has 0 radical (unpaired) electrons. The van der Waals surface area contributed by atoms with Crippen molar-refractivity contribution in [3.8, 4) is 0 Å². The zero-order valence-corrected chi connectivity index (χ0v) is 12.3. The molecule has 0 aliphatic carbocycles. The van der Waals surface area contributed by atoms with E-state index in [1.54, 1.807) is 18.2 Å². The van der Waals surface area contributed by atoms with Crippen LogP contribution in [0.15, 0.2) is 18.2 Å². The Labute approximate surface area is 126 Å². The van der Waals surface area contributed by atoms with Crippen LogP contribution in [0, 0.1) is 0 Å². The molecule has 112 valence electrons. The summed E-state index contributed by atoms with van der Waals surface area (Å²) in [6.45, 7) is 1.07. The summed E-state index contributed by atoms with van der Waals surface area (Å²) in [6, 6.07) is 4.96. The first-order chi connectivity index (χ1) is 9.36. The van der Waals surface area contributed by atoms with E-state index in [0.717, 1.165) is 0 Å². The van der Waals surface area contributed by atoms with Gasteiger partial charge in [0.2, 0.25) is 0 Å². The molecule has 1 heterocycles. The molecule has 20 heavy (non-hydrogen) atoms. The van der Waals surface area contributed by atoms with Gasteiger partial charge in [-0.15, -0.1) is 0 Å². The number of ether oxygens (including phenoxy) is 2. The van der Waals surface area contributed by atoms with Crippen LogP contribution in [0.1, 0.15) is 12.5 Å². The van der Waals surface area contributed by atoms with E-state index >= 15 is 0 Å². The van der Waals surface area contributed by atoms with Crippen molar-refractivity contribution in [3.63, 3.8) is 0 Å². The third kappa shape index (κ3) is 3.09. The molecule has 1 aromatic carbocycles. The van der Waals surface area contributed by atoms with Crippen molar-refractivity contribution in [2.75, 3.05) is 6.61 Å². The van der Waals surface area contributed by atoms with E-state index in [9.17, 15) is 10.2 Å². The van der Waals surface area contributed by atoms with Crippen molar-refractivity contribution in [1.29, 1.82) is 0 Å². The van der Waals surface area contributed by atoms with Gasteiger partial charge < -0.3 is 24.8 Å². The standard InChI is InChI=1S/C13H16Cl2O5/c1-13(18)11(17)10(5-16)20-12(13)19-6-7-2-3-8(14)4-9(7)15/h2-4,10-12,16-18H,5-6H2,1H3/t10-,11-,12?,13-/m1/s1. The summed E-state index contributed by atoms with van der Waals surface area (Å²) < 4.78 is 10.7. The van der Waals surface area contributed by atoms with Crippen LogP contribution < -0.4 is 0 Å². The van der Waals surface area contributed by atoms with Gasteiger partial charge in [0, 0.05) is 10.0 Å². The number of halogens is 2. The van der Waals surface area contributed by atoms with Gasteiger partial charge in [-0.2, -0.15) is 0 Å². The molecule has 1 aliphatic heterocycles. The molecular weight excluding hydrogens is 307 g/mol. The molecule has 1 saturated heterocycles. The molecule has 5 nitrogen and oxygen atoms in total. The second-order valence-corrected chi connectivity index (χ2v) is 5.75. The minimum absolute atomic E-state index is 0.0850. The van der Waals surface area contributed by atoms with Gasteiger partial charge >= 0.3 is 0 Å². The Morgan fingerprint density at radius 2 is 2.10 bits per heavy atom. The Bertz CT molecular complexity index is 480. The number of hydrogen-bond acceptors (Lipinski definition) is 5. The highest BCUT2D eigenvalue weighted by molar-refractivity contribution is 6.35. The largest absolute Gasteiger partial charge is 0.394 e. The van der Waals surface area contributed by atoms with Crippen LogP contribution in [-0.4, -0.2) is 46.0 Å². The summed E-state index contributed by atoms with van der Waals surface area (Å²) in [4.78, 5) is 0. The number of aliphatic hydroxyl groups is 3. The van der Waals surface area contributed by atoms with E-state index in [-0.39, 0.29) is 6.61 Å². The lowest BCUT2D eigenvalue weighted by molar-refractivity contribution is -0.206. The quantitative estimate of drug-likeness (QED) is 0.779. The van der Waals surface area contributed by atoms with E-state index in [2.05, 4.69) is 0 Å². The Hall–Kier alpha value is -0.400. The maximum Gasteiger partial charge on any atom is 0.189 e. The Morgan fingerprint density at radius 3 is 2.65 bits per heavy atom. The van der Waals surface area contributed by atoms with Crippen LogP contribution in [0.25, 0.3) is 0 Å². The minimum Gasteiger partial charge on any atom is -0.394 e. The van der Waals surface area contributed by atoms with Crippen LogP contribution >= 0.6 is 23.2 Å². The predicted molar refractivity (Wildman–Crippen MR) is 73.6 cm³/mol. The minimum atomic E-state index is -1.60. The summed E-state index contributed by atoms with van der Waals surface area (Å²) in [7, 11) is 0. The molecule has 3 N–H and O–H groups in total. The highest BCUT2D eigenvalue weighted by Gasteiger charge is 2.52. The smallest absolute Gasteiger partial charge is 0.189 e. The van der Waals surface area contributed by atoms with Crippen molar-refractivity contribution < 1.29 is 24.8 Å². The maximum absolute atomic E-state index is 10.2. The van der Waals surface area contributed by atoms with Crippen LogP contribution in [0.3, 0.4) is 0 Å². The van der Waals surface area contributed by atoms with Gasteiger partial charge in [-0.05, 0) is 24.6 Å². The van der Waals surface area contributed by atoms with Gasteiger partial charge in [-0.3, -0.25) is 0 Å². The molecule has 1 aliphatic rings. The van der Waals surface area contributed by atoms with Gasteiger partial charge in [0.1, 0.15) is 17.8 Å². The van der Waals surface area contributed by atoms with Crippen molar-refractivity contribution in [2.24, 2.45) is 0 Å². The lowest BCUT2D eigenvalue weighted by atomic mass is 9.98. The maximum atomic E-state index is 10.2. The predicted octanol–water partition coefficient (Wildman–Crippen LogP) is 1.34. The number of benzene rings is 1. The van der Waals surface area contributed by atoms with Crippen molar-refractivity contribution in [1.82, 2.24) is 0 Å². The topological polar surface area (TPSA) is 79.2 Å². The summed E-state index contributed by atoms with van der Waals surface area (Å²) in [5, 5.41) is 30.0. The third-order valence-electron chi connectivity index (χ3n) is 3.31. The van der Waals surface area contributed by atoms with Crippen molar-refractivity contribution >= 4 is 23.2 Å². The number of rotatable bonds is 4. The summed E-state index contributed by atoms with van der Waals surface area (Å²) >= 11 is 11.8. The molecule has 0 amide bonds. The van der Waals surface area contributed by atoms with Crippen molar-refractivity contribution in [3.05, 3.63) is 33.8 Å². The van der Waals surface area contributed by atoms with E-state index in [4.69, 9.17) is 37.8 Å². The molecule has 1 unspecified atom stereocenters. The molecule has 4 atom stereocenters. The zero-order valence-electron chi connectivity index (χ0n) is 10.8. The highest BCUT2D eigenvalue weighted by atomic mass is 35.5. The molecule has 1 fully saturated rings. The van der Waals surface area contributed by atoms with E-state index < -0.39 is 30.7 Å². The highest BCUT2D eigenvalue weighted by Crippen LogP contribution is 2.32. The first-order valence-electron chi connectivity index (χ1n) is 6.08. The van der Waals surface area contributed by atoms with E-state index in [1.165, 1.54) is 6.92 Å². The second-order valence-electron chi connectivity index (χ2n) is 4.91. The molecule has 0 saturated carbocycles.